The van der Waals surface area contributed by atoms with Crippen LogP contribution in [-0.4, -0.2) is 16.1 Å². The van der Waals surface area contributed by atoms with Gasteiger partial charge in [-0.15, -0.1) is 11.3 Å². The van der Waals surface area contributed by atoms with Crippen molar-refractivity contribution in [1.29, 1.82) is 0 Å². The first-order chi connectivity index (χ1) is 8.58. The van der Waals surface area contributed by atoms with E-state index in [-0.39, 0.29) is 12.0 Å². The molecule has 1 atom stereocenters. The number of aryl methyl sites for hydroxylation is 1. The van der Waals surface area contributed by atoms with Crippen molar-refractivity contribution >= 4 is 17.3 Å². The van der Waals surface area contributed by atoms with Crippen LogP contribution in [0.15, 0.2) is 30.5 Å². The molecule has 1 N–H and O–H groups in total. The average molecular weight is 265 g/mol. The number of hydrogen-bond acceptors (Lipinski definition) is 3. The fraction of sp³-hybridized carbons (Fsp3) is 0.231. The van der Waals surface area contributed by atoms with Gasteiger partial charge >= 0.3 is 5.97 Å². The standard InChI is InChI=1S/C13H12FNO2S/c1-8-15-7-9(18-8)6-11(13(16)17)10-4-2-3-5-12(10)14/h2-5,7,11H,6H2,1H3,(H,16,17). The highest BCUT2D eigenvalue weighted by Gasteiger charge is 2.24. The maximum absolute atomic E-state index is 13.6. The van der Waals surface area contributed by atoms with Gasteiger partial charge in [0.2, 0.25) is 0 Å². The van der Waals surface area contributed by atoms with E-state index in [1.165, 1.54) is 23.5 Å². The Morgan fingerprint density at radius 2 is 2.22 bits per heavy atom. The zero-order valence-corrected chi connectivity index (χ0v) is 10.6. The molecule has 1 aromatic carbocycles. The first kappa shape index (κ1) is 12.7. The molecule has 94 valence electrons. The molecule has 0 aliphatic heterocycles. The van der Waals surface area contributed by atoms with Crippen LogP contribution in [0.25, 0.3) is 0 Å². The highest BCUT2D eigenvalue weighted by molar-refractivity contribution is 7.11. The lowest BCUT2D eigenvalue weighted by molar-refractivity contribution is -0.138. The molecule has 1 aromatic heterocycles. The molecule has 0 radical (unpaired) electrons. The molecule has 5 heteroatoms. The number of carbonyl (C=O) groups is 1. The Labute approximate surface area is 108 Å². The molecule has 1 unspecified atom stereocenters. The molecule has 0 spiro atoms. The highest BCUT2D eigenvalue weighted by Crippen LogP contribution is 2.26. The third kappa shape index (κ3) is 2.73. The summed E-state index contributed by atoms with van der Waals surface area (Å²) in [6.45, 7) is 1.85. The van der Waals surface area contributed by atoms with Gasteiger partial charge in [0.1, 0.15) is 5.82 Å². The summed E-state index contributed by atoms with van der Waals surface area (Å²) in [6.07, 6.45) is 1.92. The number of halogens is 1. The lowest BCUT2D eigenvalue weighted by Gasteiger charge is -2.12. The summed E-state index contributed by atoms with van der Waals surface area (Å²) < 4.78 is 13.6. The van der Waals surface area contributed by atoms with Crippen LogP contribution in [0.4, 0.5) is 4.39 Å². The molecule has 0 saturated heterocycles. The first-order valence-corrected chi connectivity index (χ1v) is 6.28. The molecule has 3 nitrogen and oxygen atoms in total. The second-order valence-electron chi connectivity index (χ2n) is 3.96. The van der Waals surface area contributed by atoms with E-state index in [0.717, 1.165) is 9.88 Å². The first-order valence-electron chi connectivity index (χ1n) is 5.46. The van der Waals surface area contributed by atoms with Gasteiger partial charge in [0, 0.05) is 23.1 Å². The van der Waals surface area contributed by atoms with Gasteiger partial charge in [-0.1, -0.05) is 18.2 Å². The van der Waals surface area contributed by atoms with Crippen molar-refractivity contribution in [2.45, 2.75) is 19.3 Å². The third-order valence-corrected chi connectivity index (χ3v) is 3.59. The Kier molecular flexibility index (Phi) is 3.72. The van der Waals surface area contributed by atoms with Gasteiger partial charge in [0.15, 0.2) is 0 Å². The maximum atomic E-state index is 13.6. The number of carboxylic acid groups (broad SMARTS) is 1. The number of benzene rings is 1. The second kappa shape index (κ2) is 5.27. The predicted octanol–water partition coefficient (Wildman–Crippen LogP) is 3.00. The van der Waals surface area contributed by atoms with Gasteiger partial charge in [-0.25, -0.2) is 9.37 Å². The van der Waals surface area contributed by atoms with Crippen LogP contribution in [-0.2, 0) is 11.2 Å². The molecule has 0 fully saturated rings. The van der Waals surface area contributed by atoms with Crippen LogP contribution < -0.4 is 0 Å². The summed E-state index contributed by atoms with van der Waals surface area (Å²) in [5.74, 6) is -2.37. The molecular weight excluding hydrogens is 253 g/mol. The van der Waals surface area contributed by atoms with Crippen LogP contribution in [0.5, 0.6) is 0 Å². The number of aromatic nitrogens is 1. The smallest absolute Gasteiger partial charge is 0.311 e. The SMILES string of the molecule is Cc1ncc(CC(C(=O)O)c2ccccc2F)s1. The summed E-state index contributed by atoms with van der Waals surface area (Å²) in [6, 6.07) is 5.99. The van der Waals surface area contributed by atoms with Crippen molar-refractivity contribution in [1.82, 2.24) is 4.98 Å². The van der Waals surface area contributed by atoms with Gasteiger partial charge in [-0.2, -0.15) is 0 Å². The van der Waals surface area contributed by atoms with Crippen molar-refractivity contribution in [3.8, 4) is 0 Å². The van der Waals surface area contributed by atoms with Crippen molar-refractivity contribution in [3.63, 3.8) is 0 Å². The molecule has 0 bridgehead atoms. The van der Waals surface area contributed by atoms with Crippen LogP contribution >= 0.6 is 11.3 Å². The minimum absolute atomic E-state index is 0.219. The average Bonchev–Trinajstić information content (AvgIpc) is 2.73. The van der Waals surface area contributed by atoms with E-state index in [0.29, 0.717) is 0 Å². The third-order valence-electron chi connectivity index (χ3n) is 2.65. The van der Waals surface area contributed by atoms with Crippen LogP contribution in [0, 0.1) is 12.7 Å². The summed E-state index contributed by atoms with van der Waals surface area (Å²) in [5.41, 5.74) is 0.219. The monoisotopic (exact) mass is 265 g/mol. The normalized spacial score (nSPS) is 12.3. The van der Waals surface area contributed by atoms with Crippen molar-refractivity contribution in [3.05, 3.63) is 51.7 Å². The molecule has 1 heterocycles. The summed E-state index contributed by atoms with van der Waals surface area (Å²) in [5, 5.41) is 10.1. The quantitative estimate of drug-likeness (QED) is 0.924. The number of carboxylic acids is 1. The highest BCUT2D eigenvalue weighted by atomic mass is 32.1. The van der Waals surface area contributed by atoms with E-state index in [9.17, 15) is 14.3 Å². The Bertz CT molecular complexity index is 568. The van der Waals surface area contributed by atoms with Gasteiger partial charge < -0.3 is 5.11 Å². The number of hydrogen-bond donors (Lipinski definition) is 1. The van der Waals surface area contributed by atoms with Crippen LogP contribution in [0.2, 0.25) is 0 Å². The van der Waals surface area contributed by atoms with E-state index in [2.05, 4.69) is 4.98 Å². The Morgan fingerprint density at radius 3 is 2.78 bits per heavy atom. The van der Waals surface area contributed by atoms with E-state index in [1.54, 1.807) is 18.3 Å². The lowest BCUT2D eigenvalue weighted by atomic mass is 9.95. The summed E-state index contributed by atoms with van der Waals surface area (Å²) in [4.78, 5) is 16.2. The maximum Gasteiger partial charge on any atom is 0.311 e. The van der Waals surface area contributed by atoms with Crippen molar-refractivity contribution < 1.29 is 14.3 Å². The number of thiazole rings is 1. The van der Waals surface area contributed by atoms with Crippen LogP contribution in [0.1, 0.15) is 21.4 Å². The zero-order valence-electron chi connectivity index (χ0n) is 9.76. The minimum atomic E-state index is -1.02. The number of nitrogens with zero attached hydrogens (tertiary/aromatic N) is 1. The lowest BCUT2D eigenvalue weighted by Crippen LogP contribution is -2.15. The molecule has 2 aromatic rings. The van der Waals surface area contributed by atoms with E-state index < -0.39 is 17.7 Å². The van der Waals surface area contributed by atoms with Crippen LogP contribution in [0.3, 0.4) is 0 Å². The topological polar surface area (TPSA) is 50.2 Å². The Morgan fingerprint density at radius 1 is 1.50 bits per heavy atom. The fourth-order valence-corrected chi connectivity index (χ4v) is 2.63. The summed E-state index contributed by atoms with van der Waals surface area (Å²) in [7, 11) is 0. The van der Waals surface area contributed by atoms with E-state index >= 15 is 0 Å². The number of aliphatic carboxylic acids is 1. The molecule has 0 aliphatic carbocycles. The van der Waals surface area contributed by atoms with Gasteiger partial charge in [-0.05, 0) is 13.0 Å². The van der Waals surface area contributed by atoms with Gasteiger partial charge in [-0.3, -0.25) is 4.79 Å². The Balaban J connectivity index is 2.30. The molecule has 0 saturated carbocycles. The summed E-state index contributed by atoms with van der Waals surface area (Å²) >= 11 is 1.44. The Hall–Kier alpha value is -1.75. The van der Waals surface area contributed by atoms with E-state index in [4.69, 9.17) is 0 Å². The van der Waals surface area contributed by atoms with E-state index in [1.807, 2.05) is 6.92 Å². The van der Waals surface area contributed by atoms with Gasteiger partial charge in [0.25, 0.3) is 0 Å². The largest absolute Gasteiger partial charge is 0.481 e. The van der Waals surface area contributed by atoms with Gasteiger partial charge in [0.05, 0.1) is 10.9 Å². The molecule has 0 amide bonds. The predicted molar refractivity (Wildman–Crippen MR) is 67.3 cm³/mol. The minimum Gasteiger partial charge on any atom is -0.481 e. The molecule has 18 heavy (non-hydrogen) atoms. The molecule has 0 aliphatic rings. The molecule has 2 rings (SSSR count). The molecular formula is C13H12FNO2S. The number of rotatable bonds is 4. The van der Waals surface area contributed by atoms with Crippen molar-refractivity contribution in [2.75, 3.05) is 0 Å². The second-order valence-corrected chi connectivity index (χ2v) is 5.28. The fourth-order valence-electron chi connectivity index (χ4n) is 1.79. The van der Waals surface area contributed by atoms with Crippen molar-refractivity contribution in [2.24, 2.45) is 0 Å². The zero-order chi connectivity index (χ0) is 13.1.